The summed E-state index contributed by atoms with van der Waals surface area (Å²) in [5.41, 5.74) is 3.37. The summed E-state index contributed by atoms with van der Waals surface area (Å²) in [5, 5.41) is 0. The van der Waals surface area contributed by atoms with Gasteiger partial charge >= 0.3 is 0 Å². The molecule has 2 heterocycles. The number of nitrogens with zero attached hydrogens (tertiary/aromatic N) is 3. The third-order valence-corrected chi connectivity index (χ3v) is 5.03. The van der Waals surface area contributed by atoms with Crippen LogP contribution in [-0.4, -0.2) is 39.8 Å². The van der Waals surface area contributed by atoms with Crippen molar-refractivity contribution >= 4 is 5.91 Å². The lowest BCUT2D eigenvalue weighted by atomic mass is 9.80. The van der Waals surface area contributed by atoms with Crippen molar-refractivity contribution < 1.29 is 13.6 Å². The number of amides is 1. The van der Waals surface area contributed by atoms with Crippen molar-refractivity contribution in [2.45, 2.75) is 50.4 Å². The van der Waals surface area contributed by atoms with Gasteiger partial charge in [-0.3, -0.25) is 4.79 Å². The normalized spacial score (nSPS) is 24.4. The van der Waals surface area contributed by atoms with Gasteiger partial charge in [0.15, 0.2) is 0 Å². The molecule has 0 spiro atoms. The van der Waals surface area contributed by atoms with Crippen molar-refractivity contribution in [1.29, 1.82) is 0 Å². The van der Waals surface area contributed by atoms with Gasteiger partial charge in [-0.1, -0.05) is 0 Å². The van der Waals surface area contributed by atoms with E-state index in [2.05, 4.69) is 9.97 Å². The Morgan fingerprint density at radius 1 is 1.18 bits per heavy atom. The number of fused-ring (bicyclic) bond motifs is 1. The molecule has 1 aromatic heterocycles. The van der Waals surface area contributed by atoms with Crippen molar-refractivity contribution in [3.8, 4) is 0 Å². The van der Waals surface area contributed by atoms with Crippen molar-refractivity contribution in [2.75, 3.05) is 13.1 Å². The van der Waals surface area contributed by atoms with Gasteiger partial charge in [-0.05, 0) is 24.8 Å². The van der Waals surface area contributed by atoms with E-state index in [4.69, 9.17) is 0 Å². The first-order valence-corrected chi connectivity index (χ1v) is 8.03. The molecule has 0 aromatic carbocycles. The summed E-state index contributed by atoms with van der Waals surface area (Å²) < 4.78 is 25.9. The summed E-state index contributed by atoms with van der Waals surface area (Å²) in [7, 11) is 0. The van der Waals surface area contributed by atoms with E-state index in [1.54, 1.807) is 11.2 Å². The Balaban J connectivity index is 1.47. The highest BCUT2D eigenvalue weighted by atomic mass is 19.3. The molecule has 3 aliphatic rings. The summed E-state index contributed by atoms with van der Waals surface area (Å²) in [6.07, 6.45) is 4.86. The first-order chi connectivity index (χ1) is 10.5. The van der Waals surface area contributed by atoms with Gasteiger partial charge in [0.25, 0.3) is 0 Å². The van der Waals surface area contributed by atoms with Gasteiger partial charge < -0.3 is 4.90 Å². The zero-order valence-corrected chi connectivity index (χ0v) is 12.4. The number of aromatic nitrogens is 2. The maximum atomic E-state index is 13.0. The third kappa shape index (κ3) is 2.48. The fraction of sp³-hybridized carbons (Fsp3) is 0.688. The number of carbonyl (C=O) groups excluding carboxylic acids is 1. The van der Waals surface area contributed by atoms with Crippen LogP contribution in [0.15, 0.2) is 6.33 Å². The van der Waals surface area contributed by atoms with Gasteiger partial charge in [-0.25, -0.2) is 18.7 Å². The van der Waals surface area contributed by atoms with Crippen LogP contribution < -0.4 is 0 Å². The summed E-state index contributed by atoms with van der Waals surface area (Å²) in [6, 6.07) is 0. The van der Waals surface area contributed by atoms with Crippen LogP contribution in [0.4, 0.5) is 8.78 Å². The zero-order valence-electron chi connectivity index (χ0n) is 12.4. The van der Waals surface area contributed by atoms with Gasteiger partial charge in [0.2, 0.25) is 11.8 Å². The molecule has 6 heteroatoms. The predicted octanol–water partition coefficient (Wildman–Crippen LogP) is 2.33. The van der Waals surface area contributed by atoms with E-state index >= 15 is 0 Å². The van der Waals surface area contributed by atoms with Crippen molar-refractivity contribution in [3.63, 3.8) is 0 Å². The molecule has 2 saturated carbocycles. The Kier molecular flexibility index (Phi) is 3.16. The minimum atomic E-state index is -2.64. The molecular formula is C16H19F2N3O. The topological polar surface area (TPSA) is 46.1 Å². The molecular weight excluding hydrogens is 288 g/mol. The monoisotopic (exact) mass is 307 g/mol. The van der Waals surface area contributed by atoms with E-state index in [0.29, 0.717) is 25.4 Å². The number of hydrogen-bond donors (Lipinski definition) is 0. The van der Waals surface area contributed by atoms with Crippen LogP contribution >= 0.6 is 0 Å². The van der Waals surface area contributed by atoms with Gasteiger partial charge in [0.05, 0.1) is 5.69 Å². The molecule has 4 rings (SSSR count). The van der Waals surface area contributed by atoms with Gasteiger partial charge in [0, 0.05) is 49.9 Å². The summed E-state index contributed by atoms with van der Waals surface area (Å²) in [4.78, 5) is 22.9. The lowest BCUT2D eigenvalue weighted by molar-refractivity contribution is -0.159. The van der Waals surface area contributed by atoms with Gasteiger partial charge in [-0.15, -0.1) is 0 Å². The molecule has 4 nitrogen and oxygen atoms in total. The Bertz CT molecular complexity index is 607. The van der Waals surface area contributed by atoms with Crippen LogP contribution in [0.1, 0.15) is 48.6 Å². The van der Waals surface area contributed by atoms with Crippen LogP contribution in [0.2, 0.25) is 0 Å². The van der Waals surface area contributed by atoms with Crippen LogP contribution in [0, 0.1) is 5.92 Å². The van der Waals surface area contributed by atoms with E-state index < -0.39 is 11.8 Å². The fourth-order valence-corrected chi connectivity index (χ4v) is 3.57. The molecule has 1 aliphatic heterocycles. The van der Waals surface area contributed by atoms with Crippen LogP contribution in [-0.2, 0) is 17.6 Å². The van der Waals surface area contributed by atoms with E-state index in [1.165, 1.54) is 18.4 Å². The van der Waals surface area contributed by atoms with E-state index in [1.807, 2.05) is 0 Å². The number of alkyl halides is 2. The number of halogens is 2. The Labute approximate surface area is 127 Å². The molecule has 22 heavy (non-hydrogen) atoms. The van der Waals surface area contributed by atoms with Crippen molar-refractivity contribution in [1.82, 2.24) is 14.9 Å². The maximum Gasteiger partial charge on any atom is 0.249 e. The molecule has 0 saturated heterocycles. The van der Waals surface area contributed by atoms with Gasteiger partial charge in [0.1, 0.15) is 6.33 Å². The highest BCUT2D eigenvalue weighted by Gasteiger charge is 2.49. The molecule has 0 atom stereocenters. The number of rotatable bonds is 2. The van der Waals surface area contributed by atoms with Crippen LogP contribution in [0.5, 0.6) is 0 Å². The number of hydrogen-bond acceptors (Lipinski definition) is 3. The molecule has 0 radical (unpaired) electrons. The second-order valence-electron chi connectivity index (χ2n) is 6.74. The van der Waals surface area contributed by atoms with Crippen molar-refractivity contribution in [2.24, 2.45) is 5.92 Å². The van der Waals surface area contributed by atoms with E-state index in [0.717, 1.165) is 17.8 Å². The SMILES string of the molecule is O=C(C1CC(F)(F)C1)N1CCc2ncnc(C3CC3)c2CC1. The minimum absolute atomic E-state index is 0.111. The molecule has 118 valence electrons. The highest BCUT2D eigenvalue weighted by Crippen LogP contribution is 2.44. The lowest BCUT2D eigenvalue weighted by Crippen LogP contribution is -2.47. The van der Waals surface area contributed by atoms with Crippen LogP contribution in [0.3, 0.4) is 0 Å². The second-order valence-corrected chi connectivity index (χ2v) is 6.74. The number of carbonyl (C=O) groups is 1. The molecule has 0 bridgehead atoms. The smallest absolute Gasteiger partial charge is 0.249 e. The Morgan fingerprint density at radius 2 is 1.91 bits per heavy atom. The third-order valence-electron chi connectivity index (χ3n) is 5.03. The molecule has 2 fully saturated rings. The lowest BCUT2D eigenvalue weighted by Gasteiger charge is -2.36. The van der Waals surface area contributed by atoms with Crippen molar-refractivity contribution in [3.05, 3.63) is 23.3 Å². The largest absolute Gasteiger partial charge is 0.342 e. The first-order valence-electron chi connectivity index (χ1n) is 8.03. The second kappa shape index (κ2) is 4.96. The van der Waals surface area contributed by atoms with Crippen LogP contribution in [0.25, 0.3) is 0 Å². The Morgan fingerprint density at radius 3 is 2.59 bits per heavy atom. The maximum absolute atomic E-state index is 13.0. The quantitative estimate of drug-likeness (QED) is 0.842. The standard InChI is InChI=1S/C16H19F2N3O/c17-16(18)7-11(8-16)15(22)21-5-3-12-13(4-6-21)19-9-20-14(12)10-1-2-10/h9-11H,1-8H2. The summed E-state index contributed by atoms with van der Waals surface area (Å²) in [5.74, 6) is -2.69. The molecule has 2 aliphatic carbocycles. The molecule has 0 N–H and O–H groups in total. The summed E-state index contributed by atoms with van der Waals surface area (Å²) in [6.45, 7) is 1.18. The first kappa shape index (κ1) is 14.0. The molecule has 0 unspecified atom stereocenters. The predicted molar refractivity (Wildman–Crippen MR) is 75.7 cm³/mol. The fourth-order valence-electron chi connectivity index (χ4n) is 3.57. The Hall–Kier alpha value is -1.59. The zero-order chi connectivity index (χ0) is 15.3. The average Bonchev–Trinajstić information content (AvgIpc) is 3.29. The molecule has 1 amide bonds. The van der Waals surface area contributed by atoms with Gasteiger partial charge in [-0.2, -0.15) is 0 Å². The highest BCUT2D eigenvalue weighted by molar-refractivity contribution is 5.80. The summed E-state index contributed by atoms with van der Waals surface area (Å²) >= 11 is 0. The minimum Gasteiger partial charge on any atom is -0.342 e. The average molecular weight is 307 g/mol. The van der Waals surface area contributed by atoms with E-state index in [-0.39, 0.29) is 18.7 Å². The van der Waals surface area contributed by atoms with E-state index in [9.17, 15) is 13.6 Å². The molecule has 1 aromatic rings.